The third-order valence-electron chi connectivity index (χ3n) is 3.73. The molecule has 1 aliphatic rings. The molecule has 0 radical (unpaired) electrons. The Hall–Kier alpha value is -0.820. The molecule has 1 heteroatoms. The van der Waals surface area contributed by atoms with E-state index >= 15 is 0 Å². The van der Waals surface area contributed by atoms with Gasteiger partial charge in [-0.1, -0.05) is 52.0 Å². The van der Waals surface area contributed by atoms with E-state index in [1.165, 1.54) is 32.4 Å². The number of fused-ring (bicyclic) bond motifs is 1. The van der Waals surface area contributed by atoms with Crippen LogP contribution in [0.1, 0.15) is 45.2 Å². The van der Waals surface area contributed by atoms with Crippen molar-refractivity contribution in [1.29, 1.82) is 0 Å². The molecule has 1 aromatic rings. The van der Waals surface area contributed by atoms with Crippen LogP contribution in [-0.4, -0.2) is 24.0 Å². The highest BCUT2D eigenvalue weighted by Gasteiger charge is 2.28. The van der Waals surface area contributed by atoms with Crippen molar-refractivity contribution in [2.75, 3.05) is 13.1 Å². The fourth-order valence-corrected chi connectivity index (χ4v) is 3.08. The molecular formula is C17H27N. The normalized spacial score (nSPS) is 16.3. The van der Waals surface area contributed by atoms with E-state index in [4.69, 9.17) is 0 Å². The Morgan fingerprint density at radius 1 is 1.11 bits per heavy atom. The van der Waals surface area contributed by atoms with Crippen LogP contribution >= 0.6 is 0 Å². The summed E-state index contributed by atoms with van der Waals surface area (Å²) in [6.07, 6.45) is 3.74. The Balaban J connectivity index is 2.06. The van der Waals surface area contributed by atoms with Gasteiger partial charge in [0.15, 0.2) is 0 Å². The lowest BCUT2D eigenvalue weighted by Gasteiger charge is -2.34. The third kappa shape index (κ3) is 3.35. The highest BCUT2D eigenvalue weighted by atomic mass is 15.2. The molecule has 0 saturated heterocycles. The molecule has 0 aliphatic heterocycles. The lowest BCUT2D eigenvalue weighted by Crippen LogP contribution is -2.41. The molecule has 2 rings (SSSR count). The van der Waals surface area contributed by atoms with Gasteiger partial charge in [-0.3, -0.25) is 4.90 Å². The Kier molecular flexibility index (Phi) is 4.11. The maximum absolute atomic E-state index is 2.71. The Bertz CT molecular complexity index is 364. The first kappa shape index (κ1) is 13.6. The van der Waals surface area contributed by atoms with Crippen LogP contribution in [0.3, 0.4) is 0 Å². The van der Waals surface area contributed by atoms with Gasteiger partial charge < -0.3 is 0 Å². The Morgan fingerprint density at radius 3 is 2.11 bits per heavy atom. The first-order valence-corrected chi connectivity index (χ1v) is 7.30. The molecule has 0 bridgehead atoms. The molecule has 18 heavy (non-hydrogen) atoms. The monoisotopic (exact) mass is 245 g/mol. The van der Waals surface area contributed by atoms with Gasteiger partial charge in [-0.2, -0.15) is 0 Å². The summed E-state index contributed by atoms with van der Waals surface area (Å²) in [7, 11) is 0. The van der Waals surface area contributed by atoms with Crippen molar-refractivity contribution in [1.82, 2.24) is 4.90 Å². The Morgan fingerprint density at radius 2 is 1.67 bits per heavy atom. The largest absolute Gasteiger partial charge is 0.299 e. The molecule has 0 unspecified atom stereocenters. The van der Waals surface area contributed by atoms with Crippen LogP contribution in [0.15, 0.2) is 24.3 Å². The SMILES string of the molecule is CCCN(CC(C)(C)C)C1Cc2ccccc2C1. The van der Waals surface area contributed by atoms with E-state index in [1.54, 1.807) is 11.1 Å². The number of benzene rings is 1. The van der Waals surface area contributed by atoms with Crippen LogP contribution < -0.4 is 0 Å². The predicted octanol–water partition coefficient (Wildman–Crippen LogP) is 3.91. The molecule has 0 heterocycles. The Labute approximate surface area is 112 Å². The zero-order valence-corrected chi connectivity index (χ0v) is 12.4. The van der Waals surface area contributed by atoms with Crippen molar-refractivity contribution in [3.05, 3.63) is 35.4 Å². The summed E-state index contributed by atoms with van der Waals surface area (Å²) in [6, 6.07) is 9.68. The van der Waals surface area contributed by atoms with Crippen molar-refractivity contribution >= 4 is 0 Å². The van der Waals surface area contributed by atoms with E-state index in [0.29, 0.717) is 5.41 Å². The molecule has 0 spiro atoms. The minimum absolute atomic E-state index is 0.393. The van der Waals surface area contributed by atoms with Gasteiger partial charge in [-0.15, -0.1) is 0 Å². The van der Waals surface area contributed by atoms with Gasteiger partial charge in [-0.05, 0) is 42.3 Å². The van der Waals surface area contributed by atoms with Gasteiger partial charge in [0.1, 0.15) is 0 Å². The minimum Gasteiger partial charge on any atom is -0.299 e. The lowest BCUT2D eigenvalue weighted by atomic mass is 9.94. The summed E-state index contributed by atoms with van der Waals surface area (Å²) in [5.74, 6) is 0. The number of nitrogens with zero attached hydrogens (tertiary/aromatic N) is 1. The molecule has 0 N–H and O–H groups in total. The highest BCUT2D eigenvalue weighted by molar-refractivity contribution is 5.33. The summed E-state index contributed by atoms with van der Waals surface area (Å²) in [5, 5.41) is 0. The maximum Gasteiger partial charge on any atom is 0.0176 e. The van der Waals surface area contributed by atoms with E-state index in [-0.39, 0.29) is 0 Å². The highest BCUT2D eigenvalue weighted by Crippen LogP contribution is 2.27. The fourth-order valence-electron chi connectivity index (χ4n) is 3.08. The van der Waals surface area contributed by atoms with Gasteiger partial charge in [0.05, 0.1) is 0 Å². The number of hydrogen-bond donors (Lipinski definition) is 0. The first-order chi connectivity index (χ1) is 8.49. The molecule has 100 valence electrons. The van der Waals surface area contributed by atoms with Crippen LogP contribution in [0, 0.1) is 5.41 Å². The second kappa shape index (κ2) is 5.44. The van der Waals surface area contributed by atoms with Crippen LogP contribution in [0.2, 0.25) is 0 Å². The van der Waals surface area contributed by atoms with Crippen molar-refractivity contribution in [2.45, 2.75) is 53.0 Å². The second-order valence-corrected chi connectivity index (χ2v) is 6.86. The first-order valence-electron chi connectivity index (χ1n) is 7.30. The molecule has 0 amide bonds. The lowest BCUT2D eigenvalue weighted by molar-refractivity contribution is 0.141. The van der Waals surface area contributed by atoms with Crippen molar-refractivity contribution in [3.63, 3.8) is 0 Å². The summed E-state index contributed by atoms with van der Waals surface area (Å²) in [5.41, 5.74) is 3.53. The van der Waals surface area contributed by atoms with E-state index in [2.05, 4.69) is 56.9 Å². The summed E-state index contributed by atoms with van der Waals surface area (Å²) in [4.78, 5) is 2.71. The molecule has 0 fully saturated rings. The maximum atomic E-state index is 2.71. The molecule has 0 saturated carbocycles. The van der Waals surface area contributed by atoms with Crippen LogP contribution in [0.4, 0.5) is 0 Å². The summed E-state index contributed by atoms with van der Waals surface area (Å²) in [6.45, 7) is 11.8. The molecule has 0 aromatic heterocycles. The van der Waals surface area contributed by atoms with Crippen molar-refractivity contribution in [3.8, 4) is 0 Å². The number of hydrogen-bond acceptors (Lipinski definition) is 1. The standard InChI is InChI=1S/C17H27N/c1-5-10-18(13-17(2,3)4)16-11-14-8-6-7-9-15(14)12-16/h6-9,16H,5,10-13H2,1-4H3. The van der Waals surface area contributed by atoms with Gasteiger partial charge in [0, 0.05) is 12.6 Å². The molecule has 0 atom stereocenters. The quantitative estimate of drug-likeness (QED) is 0.777. The summed E-state index contributed by atoms with van der Waals surface area (Å²) < 4.78 is 0. The zero-order valence-electron chi connectivity index (χ0n) is 12.4. The van der Waals surface area contributed by atoms with E-state index in [1.807, 2.05) is 0 Å². The van der Waals surface area contributed by atoms with Crippen molar-refractivity contribution < 1.29 is 0 Å². The van der Waals surface area contributed by atoms with Crippen molar-refractivity contribution in [2.24, 2.45) is 5.41 Å². The average molecular weight is 245 g/mol. The molecular weight excluding hydrogens is 218 g/mol. The second-order valence-electron chi connectivity index (χ2n) is 6.86. The van der Waals surface area contributed by atoms with Crippen LogP contribution in [0.5, 0.6) is 0 Å². The molecule has 1 nitrogen and oxygen atoms in total. The smallest absolute Gasteiger partial charge is 0.0176 e. The molecule has 1 aromatic carbocycles. The van der Waals surface area contributed by atoms with E-state index in [0.717, 1.165) is 6.04 Å². The topological polar surface area (TPSA) is 3.24 Å². The van der Waals surface area contributed by atoms with E-state index in [9.17, 15) is 0 Å². The third-order valence-corrected chi connectivity index (χ3v) is 3.73. The van der Waals surface area contributed by atoms with Gasteiger partial charge in [-0.25, -0.2) is 0 Å². The van der Waals surface area contributed by atoms with Crippen LogP contribution in [0.25, 0.3) is 0 Å². The van der Waals surface area contributed by atoms with Gasteiger partial charge >= 0.3 is 0 Å². The minimum atomic E-state index is 0.393. The fraction of sp³-hybridized carbons (Fsp3) is 0.647. The predicted molar refractivity (Wildman–Crippen MR) is 79.0 cm³/mol. The van der Waals surface area contributed by atoms with Crippen LogP contribution in [-0.2, 0) is 12.8 Å². The van der Waals surface area contributed by atoms with E-state index < -0.39 is 0 Å². The summed E-state index contributed by atoms with van der Waals surface area (Å²) >= 11 is 0. The van der Waals surface area contributed by atoms with Gasteiger partial charge in [0.2, 0.25) is 0 Å². The molecule has 1 aliphatic carbocycles. The number of rotatable bonds is 4. The average Bonchev–Trinajstić information content (AvgIpc) is 2.70. The van der Waals surface area contributed by atoms with Gasteiger partial charge in [0.25, 0.3) is 0 Å². The zero-order chi connectivity index (χ0) is 13.2.